The smallest absolute Gasteiger partial charge is 0.0326 e. The minimum Gasteiger partial charge on any atom is -0.310 e. The molecule has 0 radical (unpaired) electrons. The molecular weight excluding hydrogens is 182 g/mol. The van der Waals surface area contributed by atoms with Gasteiger partial charge in [-0.25, -0.2) is 0 Å². The van der Waals surface area contributed by atoms with Gasteiger partial charge in [0.1, 0.15) is 0 Å². The zero-order chi connectivity index (χ0) is 10.3. The van der Waals surface area contributed by atoms with E-state index in [-0.39, 0.29) is 0 Å². The molecule has 0 heterocycles. The minimum atomic E-state index is 0.639. The second-order valence-electron chi connectivity index (χ2n) is 5.15. The first kappa shape index (κ1) is 9.41. The van der Waals surface area contributed by atoms with Crippen LogP contribution in [0.4, 0.5) is 0 Å². The van der Waals surface area contributed by atoms with Gasteiger partial charge in [0.2, 0.25) is 0 Å². The SMILES string of the molecule is Cc1ccc2c(c1)C(NCC1CC1)CC2. The number of rotatable bonds is 3. The molecule has 1 aromatic rings. The average Bonchev–Trinajstić information content (AvgIpc) is 2.97. The molecule has 0 amide bonds. The van der Waals surface area contributed by atoms with E-state index in [1.807, 2.05) is 0 Å². The van der Waals surface area contributed by atoms with Crippen LogP contribution >= 0.6 is 0 Å². The number of aryl methyl sites for hydroxylation is 2. The maximum atomic E-state index is 3.73. The summed E-state index contributed by atoms with van der Waals surface area (Å²) in [5.74, 6) is 0.985. The van der Waals surface area contributed by atoms with Gasteiger partial charge in [-0.2, -0.15) is 0 Å². The molecule has 1 atom stereocenters. The highest BCUT2D eigenvalue weighted by Gasteiger charge is 2.26. The summed E-state index contributed by atoms with van der Waals surface area (Å²) in [6.45, 7) is 3.43. The van der Waals surface area contributed by atoms with Gasteiger partial charge in [-0.3, -0.25) is 0 Å². The first-order valence-electron chi connectivity index (χ1n) is 6.16. The lowest BCUT2D eigenvalue weighted by molar-refractivity contribution is 0.512. The molecule has 15 heavy (non-hydrogen) atoms. The van der Waals surface area contributed by atoms with Crippen LogP contribution in [-0.2, 0) is 6.42 Å². The summed E-state index contributed by atoms with van der Waals surface area (Å²) in [5.41, 5.74) is 4.53. The van der Waals surface area contributed by atoms with Crippen molar-refractivity contribution in [1.29, 1.82) is 0 Å². The molecule has 2 aliphatic carbocycles. The fraction of sp³-hybridized carbons (Fsp3) is 0.571. The van der Waals surface area contributed by atoms with Crippen LogP contribution in [0.2, 0.25) is 0 Å². The number of benzene rings is 1. The zero-order valence-corrected chi connectivity index (χ0v) is 9.42. The predicted octanol–water partition coefficient (Wildman–Crippen LogP) is 2.98. The number of hydrogen-bond acceptors (Lipinski definition) is 1. The van der Waals surface area contributed by atoms with Crippen molar-refractivity contribution in [2.75, 3.05) is 6.54 Å². The number of hydrogen-bond donors (Lipinski definition) is 1. The second kappa shape index (κ2) is 3.64. The first-order valence-corrected chi connectivity index (χ1v) is 6.16. The monoisotopic (exact) mass is 201 g/mol. The van der Waals surface area contributed by atoms with Crippen molar-refractivity contribution in [2.45, 2.75) is 38.6 Å². The molecule has 1 unspecified atom stereocenters. The van der Waals surface area contributed by atoms with E-state index >= 15 is 0 Å². The molecule has 0 bridgehead atoms. The Bertz CT molecular complexity index is 366. The maximum Gasteiger partial charge on any atom is 0.0326 e. The molecule has 0 spiro atoms. The van der Waals surface area contributed by atoms with E-state index in [2.05, 4.69) is 30.4 Å². The Morgan fingerprint density at radius 1 is 1.27 bits per heavy atom. The van der Waals surface area contributed by atoms with Crippen molar-refractivity contribution in [3.8, 4) is 0 Å². The van der Waals surface area contributed by atoms with E-state index in [0.717, 1.165) is 5.92 Å². The molecule has 0 aliphatic heterocycles. The molecule has 80 valence electrons. The average molecular weight is 201 g/mol. The van der Waals surface area contributed by atoms with Gasteiger partial charge >= 0.3 is 0 Å². The summed E-state index contributed by atoms with van der Waals surface area (Å²) >= 11 is 0. The fourth-order valence-corrected chi connectivity index (χ4v) is 2.56. The molecule has 0 saturated heterocycles. The Hall–Kier alpha value is -0.820. The Morgan fingerprint density at radius 2 is 2.13 bits per heavy atom. The second-order valence-corrected chi connectivity index (χ2v) is 5.15. The highest BCUT2D eigenvalue weighted by Crippen LogP contribution is 2.34. The summed E-state index contributed by atoms with van der Waals surface area (Å²) in [5, 5.41) is 3.73. The van der Waals surface area contributed by atoms with E-state index < -0.39 is 0 Å². The molecule has 1 saturated carbocycles. The summed E-state index contributed by atoms with van der Waals surface area (Å²) < 4.78 is 0. The van der Waals surface area contributed by atoms with Crippen LogP contribution in [0, 0.1) is 12.8 Å². The minimum absolute atomic E-state index is 0.639. The van der Waals surface area contributed by atoms with Crippen molar-refractivity contribution in [3.63, 3.8) is 0 Å². The third-order valence-corrected chi connectivity index (χ3v) is 3.73. The standard InChI is InChI=1S/C14H19N/c1-10-2-5-12-6-7-14(13(12)8-10)15-9-11-3-4-11/h2,5,8,11,14-15H,3-4,6-7,9H2,1H3. The predicted molar refractivity (Wildman–Crippen MR) is 63.0 cm³/mol. The molecule has 0 aromatic heterocycles. The molecule has 2 aliphatic rings. The molecule has 1 fully saturated rings. The lowest BCUT2D eigenvalue weighted by Crippen LogP contribution is -2.21. The highest BCUT2D eigenvalue weighted by atomic mass is 14.9. The number of nitrogens with one attached hydrogen (secondary N) is 1. The summed E-state index contributed by atoms with van der Waals surface area (Å²) in [6, 6.07) is 7.55. The Labute approximate surface area is 91.9 Å². The third-order valence-electron chi connectivity index (χ3n) is 3.73. The van der Waals surface area contributed by atoms with Crippen LogP contribution in [0.3, 0.4) is 0 Å². The van der Waals surface area contributed by atoms with Crippen LogP contribution < -0.4 is 5.32 Å². The van der Waals surface area contributed by atoms with Crippen LogP contribution in [0.5, 0.6) is 0 Å². The molecule has 1 aromatic carbocycles. The summed E-state index contributed by atoms with van der Waals surface area (Å²) in [6.07, 6.45) is 5.45. The van der Waals surface area contributed by atoms with Crippen molar-refractivity contribution >= 4 is 0 Å². The van der Waals surface area contributed by atoms with Gasteiger partial charge in [-0.1, -0.05) is 23.8 Å². The van der Waals surface area contributed by atoms with E-state index in [1.54, 1.807) is 11.1 Å². The molecule has 3 rings (SSSR count). The maximum absolute atomic E-state index is 3.73. The van der Waals surface area contributed by atoms with Gasteiger partial charge in [-0.05, 0) is 56.2 Å². The highest BCUT2D eigenvalue weighted by molar-refractivity contribution is 5.37. The van der Waals surface area contributed by atoms with Crippen LogP contribution in [-0.4, -0.2) is 6.54 Å². The molecular formula is C14H19N. The van der Waals surface area contributed by atoms with Gasteiger partial charge in [0.25, 0.3) is 0 Å². The lowest BCUT2D eigenvalue weighted by Gasteiger charge is -2.14. The van der Waals surface area contributed by atoms with E-state index in [4.69, 9.17) is 0 Å². The summed E-state index contributed by atoms with van der Waals surface area (Å²) in [4.78, 5) is 0. The van der Waals surface area contributed by atoms with Crippen molar-refractivity contribution in [2.24, 2.45) is 5.92 Å². The van der Waals surface area contributed by atoms with E-state index in [9.17, 15) is 0 Å². The first-order chi connectivity index (χ1) is 7.33. The van der Waals surface area contributed by atoms with Gasteiger partial charge in [0, 0.05) is 6.04 Å². The van der Waals surface area contributed by atoms with Crippen molar-refractivity contribution in [1.82, 2.24) is 5.32 Å². The summed E-state index contributed by atoms with van der Waals surface area (Å²) in [7, 11) is 0. The van der Waals surface area contributed by atoms with Gasteiger partial charge in [-0.15, -0.1) is 0 Å². The van der Waals surface area contributed by atoms with Crippen molar-refractivity contribution in [3.05, 3.63) is 34.9 Å². The largest absolute Gasteiger partial charge is 0.310 e. The lowest BCUT2D eigenvalue weighted by atomic mass is 10.1. The molecule has 1 N–H and O–H groups in total. The van der Waals surface area contributed by atoms with Gasteiger partial charge in [0.05, 0.1) is 0 Å². The fourth-order valence-electron chi connectivity index (χ4n) is 2.56. The zero-order valence-electron chi connectivity index (χ0n) is 9.42. The Balaban J connectivity index is 1.74. The Kier molecular flexibility index (Phi) is 2.28. The van der Waals surface area contributed by atoms with Gasteiger partial charge < -0.3 is 5.32 Å². The number of fused-ring (bicyclic) bond motifs is 1. The topological polar surface area (TPSA) is 12.0 Å². The quantitative estimate of drug-likeness (QED) is 0.792. The van der Waals surface area contributed by atoms with Crippen molar-refractivity contribution < 1.29 is 0 Å². The third kappa shape index (κ3) is 1.93. The molecule has 1 nitrogen and oxygen atoms in total. The Morgan fingerprint density at radius 3 is 2.93 bits per heavy atom. The van der Waals surface area contributed by atoms with Crippen LogP contribution in [0.15, 0.2) is 18.2 Å². The van der Waals surface area contributed by atoms with E-state index in [0.29, 0.717) is 6.04 Å². The van der Waals surface area contributed by atoms with Gasteiger partial charge in [0.15, 0.2) is 0 Å². The van der Waals surface area contributed by atoms with Crippen LogP contribution in [0.1, 0.15) is 42.0 Å². The normalized spacial score (nSPS) is 24.2. The van der Waals surface area contributed by atoms with E-state index in [1.165, 1.54) is 37.8 Å². The molecule has 1 heteroatoms. The van der Waals surface area contributed by atoms with Crippen LogP contribution in [0.25, 0.3) is 0 Å².